The van der Waals surface area contributed by atoms with Gasteiger partial charge in [-0.25, -0.2) is 4.98 Å². The van der Waals surface area contributed by atoms with E-state index in [4.69, 9.17) is 0 Å². The third-order valence-corrected chi connectivity index (χ3v) is 4.10. The van der Waals surface area contributed by atoms with Crippen LogP contribution >= 0.6 is 15.9 Å². The Morgan fingerprint density at radius 1 is 1.20 bits per heavy atom. The van der Waals surface area contributed by atoms with Gasteiger partial charge in [0.25, 0.3) is 5.56 Å². The number of amides is 1. The number of hydrogen-bond donors (Lipinski definition) is 1. The molecule has 0 aliphatic rings. The van der Waals surface area contributed by atoms with Crippen LogP contribution in [0.2, 0.25) is 0 Å². The van der Waals surface area contributed by atoms with Crippen molar-refractivity contribution in [2.45, 2.75) is 19.1 Å². The fourth-order valence-corrected chi connectivity index (χ4v) is 2.83. The fourth-order valence-electron chi connectivity index (χ4n) is 2.45. The molecule has 1 amide bonds. The Kier molecular flexibility index (Phi) is 5.39. The van der Waals surface area contributed by atoms with Gasteiger partial charge >= 0.3 is 0 Å². The fraction of sp³-hybridized carbons (Fsp3) is 0.176. The minimum Gasteiger partial charge on any atom is -0.346 e. The van der Waals surface area contributed by atoms with Crippen molar-refractivity contribution in [2.75, 3.05) is 0 Å². The maximum atomic E-state index is 12.5. The zero-order valence-electron chi connectivity index (χ0n) is 13.2. The maximum absolute atomic E-state index is 12.5. The van der Waals surface area contributed by atoms with Crippen LogP contribution in [0.25, 0.3) is 0 Å². The second-order valence-corrected chi connectivity index (χ2v) is 6.38. The molecule has 0 aliphatic carbocycles. The summed E-state index contributed by atoms with van der Waals surface area (Å²) in [5, 5.41) is 7.06. The lowest BCUT2D eigenvalue weighted by atomic mass is 10.1. The van der Waals surface area contributed by atoms with Crippen LogP contribution in [0.15, 0.2) is 70.6 Å². The van der Waals surface area contributed by atoms with Gasteiger partial charge in [-0.15, -0.1) is 0 Å². The Hall–Kier alpha value is -2.74. The second-order valence-electron chi connectivity index (χ2n) is 5.46. The van der Waals surface area contributed by atoms with E-state index in [-0.39, 0.29) is 24.1 Å². The first-order valence-electron chi connectivity index (χ1n) is 7.64. The Morgan fingerprint density at radius 3 is 2.72 bits per heavy atom. The lowest BCUT2D eigenvalue weighted by Gasteiger charge is -2.19. The van der Waals surface area contributed by atoms with Gasteiger partial charge in [0, 0.05) is 16.7 Å². The monoisotopic (exact) mass is 401 g/mol. The summed E-state index contributed by atoms with van der Waals surface area (Å²) in [6.07, 6.45) is 4.64. The van der Waals surface area contributed by atoms with Crippen molar-refractivity contribution >= 4 is 21.8 Å². The van der Waals surface area contributed by atoms with Crippen molar-refractivity contribution in [2.24, 2.45) is 0 Å². The number of nitrogens with zero attached hydrogens (tertiary/aromatic N) is 4. The van der Waals surface area contributed by atoms with Crippen molar-refractivity contribution in [1.82, 2.24) is 24.6 Å². The summed E-state index contributed by atoms with van der Waals surface area (Å²) in [7, 11) is 0. The Balaban J connectivity index is 1.76. The van der Waals surface area contributed by atoms with Crippen LogP contribution in [0.1, 0.15) is 11.6 Å². The van der Waals surface area contributed by atoms with Gasteiger partial charge in [-0.2, -0.15) is 5.10 Å². The smallest absolute Gasteiger partial charge is 0.251 e. The molecule has 0 radical (unpaired) electrons. The number of hydrogen-bond acceptors (Lipinski definition) is 4. The molecule has 7 nitrogen and oxygen atoms in total. The maximum Gasteiger partial charge on any atom is 0.251 e. The number of rotatable bonds is 6. The number of halogens is 1. The van der Waals surface area contributed by atoms with Crippen molar-refractivity contribution < 1.29 is 4.79 Å². The molecule has 1 atom stereocenters. The molecule has 0 saturated heterocycles. The summed E-state index contributed by atoms with van der Waals surface area (Å²) < 4.78 is 3.75. The molecule has 0 aliphatic heterocycles. The third kappa shape index (κ3) is 4.63. The molecule has 8 heteroatoms. The molecule has 3 aromatic rings. The highest BCUT2D eigenvalue weighted by molar-refractivity contribution is 9.10. The SMILES string of the molecule is O=C(Cn1cc(Br)ccc1=O)NC(Cn1cncn1)c1ccccc1. The number of carbonyl (C=O) groups excluding carboxylic acids is 1. The first kappa shape index (κ1) is 17.1. The van der Waals surface area contributed by atoms with Crippen LogP contribution < -0.4 is 10.9 Å². The van der Waals surface area contributed by atoms with Gasteiger partial charge in [-0.3, -0.25) is 14.3 Å². The average molecular weight is 402 g/mol. The molecule has 1 unspecified atom stereocenters. The number of benzene rings is 1. The largest absolute Gasteiger partial charge is 0.346 e. The van der Waals surface area contributed by atoms with Crippen molar-refractivity contribution in [1.29, 1.82) is 0 Å². The van der Waals surface area contributed by atoms with Gasteiger partial charge < -0.3 is 9.88 Å². The summed E-state index contributed by atoms with van der Waals surface area (Å²) in [5.41, 5.74) is 0.721. The van der Waals surface area contributed by atoms with Gasteiger partial charge in [0.1, 0.15) is 19.2 Å². The second kappa shape index (κ2) is 7.89. The lowest BCUT2D eigenvalue weighted by molar-refractivity contribution is -0.122. The molecule has 25 heavy (non-hydrogen) atoms. The molecule has 0 fully saturated rings. The van der Waals surface area contributed by atoms with E-state index in [2.05, 4.69) is 31.3 Å². The molecular weight excluding hydrogens is 386 g/mol. The molecule has 0 spiro atoms. The summed E-state index contributed by atoms with van der Waals surface area (Å²) in [4.78, 5) is 28.2. The molecule has 128 valence electrons. The predicted octanol–water partition coefficient (Wildman–Crippen LogP) is 1.76. The van der Waals surface area contributed by atoms with E-state index in [0.717, 1.165) is 10.0 Å². The molecule has 2 heterocycles. The van der Waals surface area contributed by atoms with Crippen LogP contribution in [0, 0.1) is 0 Å². The number of pyridine rings is 1. The normalized spacial score (nSPS) is 11.9. The van der Waals surface area contributed by atoms with Gasteiger partial charge in [-0.05, 0) is 27.6 Å². The van der Waals surface area contributed by atoms with Gasteiger partial charge in [0.2, 0.25) is 5.91 Å². The Morgan fingerprint density at radius 2 is 2.00 bits per heavy atom. The predicted molar refractivity (Wildman–Crippen MR) is 95.7 cm³/mol. The first-order valence-corrected chi connectivity index (χ1v) is 8.44. The quantitative estimate of drug-likeness (QED) is 0.682. The number of aromatic nitrogens is 4. The van der Waals surface area contributed by atoms with E-state index in [1.54, 1.807) is 23.3 Å². The highest BCUT2D eigenvalue weighted by Crippen LogP contribution is 2.14. The van der Waals surface area contributed by atoms with Crippen LogP contribution in [0.3, 0.4) is 0 Å². The van der Waals surface area contributed by atoms with Gasteiger partial charge in [0.05, 0.1) is 12.6 Å². The van der Waals surface area contributed by atoms with Crippen molar-refractivity contribution in [3.63, 3.8) is 0 Å². The number of nitrogens with one attached hydrogen (secondary N) is 1. The Labute approximate surface area is 152 Å². The summed E-state index contributed by atoms with van der Waals surface area (Å²) in [6, 6.07) is 12.4. The summed E-state index contributed by atoms with van der Waals surface area (Å²) in [5.74, 6) is -0.255. The van der Waals surface area contributed by atoms with Crippen LogP contribution in [0.4, 0.5) is 0 Å². The van der Waals surface area contributed by atoms with E-state index >= 15 is 0 Å². The minimum absolute atomic E-state index is 0.0566. The first-order chi connectivity index (χ1) is 12.1. The zero-order valence-corrected chi connectivity index (χ0v) is 14.8. The van der Waals surface area contributed by atoms with Gasteiger partial charge in [0.15, 0.2) is 0 Å². The Bertz CT molecular complexity index is 893. The standard InChI is InChI=1S/C17H16BrN5O2/c18-14-6-7-17(25)22(8-14)10-16(24)21-15(9-23-12-19-11-20-23)13-4-2-1-3-5-13/h1-8,11-12,15H,9-10H2,(H,21,24). The molecule has 2 aromatic heterocycles. The molecule has 1 N–H and O–H groups in total. The number of carbonyl (C=O) groups is 1. The van der Waals surface area contributed by atoms with E-state index in [1.165, 1.54) is 17.0 Å². The molecular formula is C17H16BrN5O2. The van der Waals surface area contributed by atoms with E-state index in [9.17, 15) is 9.59 Å². The van der Waals surface area contributed by atoms with E-state index in [1.807, 2.05) is 30.3 Å². The molecule has 1 aromatic carbocycles. The van der Waals surface area contributed by atoms with Crippen LogP contribution in [-0.2, 0) is 17.9 Å². The van der Waals surface area contributed by atoms with Crippen molar-refractivity contribution in [3.8, 4) is 0 Å². The lowest BCUT2D eigenvalue weighted by Crippen LogP contribution is -2.36. The van der Waals surface area contributed by atoms with Crippen LogP contribution in [0.5, 0.6) is 0 Å². The van der Waals surface area contributed by atoms with E-state index in [0.29, 0.717) is 6.54 Å². The van der Waals surface area contributed by atoms with Crippen molar-refractivity contribution in [3.05, 3.63) is 81.7 Å². The minimum atomic E-state index is -0.279. The molecule has 0 bridgehead atoms. The van der Waals surface area contributed by atoms with E-state index < -0.39 is 0 Å². The highest BCUT2D eigenvalue weighted by Gasteiger charge is 2.16. The zero-order chi connectivity index (χ0) is 17.6. The highest BCUT2D eigenvalue weighted by atomic mass is 79.9. The third-order valence-electron chi connectivity index (χ3n) is 3.63. The molecule has 0 saturated carbocycles. The summed E-state index contributed by atoms with van der Waals surface area (Å²) >= 11 is 3.30. The topological polar surface area (TPSA) is 81.8 Å². The van der Waals surface area contributed by atoms with Crippen LogP contribution in [-0.4, -0.2) is 25.2 Å². The molecule has 3 rings (SSSR count). The summed E-state index contributed by atoms with van der Waals surface area (Å²) in [6.45, 7) is 0.391. The van der Waals surface area contributed by atoms with Gasteiger partial charge in [-0.1, -0.05) is 30.3 Å². The average Bonchev–Trinajstić information content (AvgIpc) is 3.11.